The molecule has 1 aromatic rings. The lowest BCUT2D eigenvalue weighted by molar-refractivity contribution is -0.121. The second kappa shape index (κ2) is 5.69. The molecule has 4 nitrogen and oxygen atoms in total. The fourth-order valence-electron chi connectivity index (χ4n) is 3.57. The highest BCUT2D eigenvalue weighted by Gasteiger charge is 2.39. The van der Waals surface area contributed by atoms with Crippen LogP contribution in [0.3, 0.4) is 0 Å². The molecular formula is C17H23NO3S. The van der Waals surface area contributed by atoms with Crippen molar-refractivity contribution in [2.75, 3.05) is 11.5 Å². The van der Waals surface area contributed by atoms with Gasteiger partial charge in [0, 0.05) is 0 Å². The summed E-state index contributed by atoms with van der Waals surface area (Å²) in [5, 5.41) is 2.92. The Labute approximate surface area is 132 Å². The van der Waals surface area contributed by atoms with E-state index in [4.69, 9.17) is 0 Å². The molecule has 3 rings (SSSR count). The molecule has 1 amide bonds. The summed E-state index contributed by atoms with van der Waals surface area (Å²) < 4.78 is 23.2. The van der Waals surface area contributed by atoms with Gasteiger partial charge in [0.2, 0.25) is 5.91 Å². The highest BCUT2D eigenvalue weighted by atomic mass is 32.2. The molecule has 1 heterocycles. The molecule has 5 heteroatoms. The molecule has 0 saturated carbocycles. The Bertz CT molecular complexity index is 696. The summed E-state index contributed by atoms with van der Waals surface area (Å²) in [6.07, 6.45) is 5.53. The highest BCUT2D eigenvalue weighted by Crippen LogP contribution is 2.24. The third kappa shape index (κ3) is 3.51. The zero-order valence-electron chi connectivity index (χ0n) is 13.0. The van der Waals surface area contributed by atoms with Gasteiger partial charge in [0.1, 0.15) is 0 Å². The fourth-order valence-corrected chi connectivity index (χ4v) is 5.67. The third-order valence-electron chi connectivity index (χ3n) is 4.72. The summed E-state index contributed by atoms with van der Waals surface area (Å²) in [7, 11) is -3.00. The Morgan fingerprint density at radius 2 is 1.95 bits per heavy atom. The Balaban J connectivity index is 1.65. The van der Waals surface area contributed by atoms with Gasteiger partial charge in [-0.15, -0.1) is 0 Å². The molecule has 120 valence electrons. The van der Waals surface area contributed by atoms with Crippen LogP contribution in [0.5, 0.6) is 0 Å². The van der Waals surface area contributed by atoms with Crippen molar-refractivity contribution >= 4 is 15.7 Å². The van der Waals surface area contributed by atoms with Crippen LogP contribution in [0.2, 0.25) is 0 Å². The van der Waals surface area contributed by atoms with Gasteiger partial charge in [0.15, 0.2) is 9.84 Å². The number of hydrogen-bond donors (Lipinski definition) is 1. The van der Waals surface area contributed by atoms with E-state index in [2.05, 4.69) is 17.4 Å². The number of benzene rings is 1. The molecule has 0 aromatic heterocycles. The minimum Gasteiger partial charge on any atom is -0.350 e. The molecule has 2 aliphatic rings. The maximum absolute atomic E-state index is 12.2. The van der Waals surface area contributed by atoms with Crippen LogP contribution >= 0.6 is 0 Å². The number of aryl methyl sites for hydroxylation is 2. The first-order valence-corrected chi connectivity index (χ1v) is 9.80. The molecule has 1 atom stereocenters. The van der Waals surface area contributed by atoms with Gasteiger partial charge < -0.3 is 5.32 Å². The molecule has 0 radical (unpaired) electrons. The molecule has 1 aliphatic carbocycles. The van der Waals surface area contributed by atoms with Crippen molar-refractivity contribution in [3.8, 4) is 0 Å². The standard InChI is InChI=1S/C17H23NO3S/c1-17(8-9-22(20,21)12-17)18-16(19)11-13-6-7-14-4-2-3-5-15(14)10-13/h6-7,10H,2-5,8-9,11-12H2,1H3,(H,18,19)/t17-/m0/s1. The van der Waals surface area contributed by atoms with Gasteiger partial charge in [-0.3, -0.25) is 4.79 Å². The fraction of sp³-hybridized carbons (Fsp3) is 0.588. The first-order valence-electron chi connectivity index (χ1n) is 7.97. The van der Waals surface area contributed by atoms with E-state index < -0.39 is 15.4 Å². The van der Waals surface area contributed by atoms with Crippen LogP contribution in [-0.2, 0) is 33.9 Å². The zero-order valence-corrected chi connectivity index (χ0v) is 13.8. The van der Waals surface area contributed by atoms with E-state index in [1.165, 1.54) is 24.0 Å². The van der Waals surface area contributed by atoms with Crippen LogP contribution in [0, 0.1) is 0 Å². The number of carbonyl (C=O) groups is 1. The first-order chi connectivity index (χ1) is 10.4. The number of fused-ring (bicyclic) bond motifs is 1. The third-order valence-corrected chi connectivity index (χ3v) is 6.63. The molecule has 22 heavy (non-hydrogen) atoms. The number of hydrogen-bond acceptors (Lipinski definition) is 3. The molecule has 1 aliphatic heterocycles. The number of amides is 1. The van der Waals surface area contributed by atoms with Crippen molar-refractivity contribution in [2.45, 2.75) is 51.0 Å². The number of rotatable bonds is 3. The Kier molecular flexibility index (Phi) is 4.02. The minimum atomic E-state index is -3.00. The summed E-state index contributed by atoms with van der Waals surface area (Å²) in [6, 6.07) is 6.30. The van der Waals surface area contributed by atoms with Crippen molar-refractivity contribution in [2.24, 2.45) is 0 Å². The van der Waals surface area contributed by atoms with Crippen LogP contribution < -0.4 is 5.32 Å². The summed E-state index contributed by atoms with van der Waals surface area (Å²) in [4.78, 5) is 12.2. The highest BCUT2D eigenvalue weighted by molar-refractivity contribution is 7.91. The van der Waals surface area contributed by atoms with Crippen molar-refractivity contribution in [3.05, 3.63) is 34.9 Å². The monoisotopic (exact) mass is 321 g/mol. The number of sulfone groups is 1. The Morgan fingerprint density at radius 3 is 2.64 bits per heavy atom. The van der Waals surface area contributed by atoms with E-state index in [1.54, 1.807) is 0 Å². The van der Waals surface area contributed by atoms with E-state index in [0.717, 1.165) is 18.4 Å². The zero-order chi connectivity index (χ0) is 15.8. The maximum atomic E-state index is 12.2. The van der Waals surface area contributed by atoms with Gasteiger partial charge in [-0.2, -0.15) is 0 Å². The second-order valence-corrected chi connectivity index (χ2v) is 9.12. The maximum Gasteiger partial charge on any atom is 0.224 e. The van der Waals surface area contributed by atoms with Crippen LogP contribution in [0.4, 0.5) is 0 Å². The van der Waals surface area contributed by atoms with Gasteiger partial charge in [0.05, 0.1) is 23.5 Å². The van der Waals surface area contributed by atoms with Gasteiger partial charge in [-0.05, 0) is 55.7 Å². The SMILES string of the molecule is C[C@]1(NC(=O)Cc2ccc3c(c2)CCCC3)CCS(=O)(=O)C1. The molecular weight excluding hydrogens is 298 g/mol. The van der Waals surface area contributed by atoms with Gasteiger partial charge in [-0.1, -0.05) is 18.2 Å². The number of carbonyl (C=O) groups excluding carboxylic acids is 1. The van der Waals surface area contributed by atoms with E-state index >= 15 is 0 Å². The first kappa shape index (κ1) is 15.5. The Hall–Kier alpha value is -1.36. The lowest BCUT2D eigenvalue weighted by Crippen LogP contribution is -2.47. The molecule has 1 aromatic carbocycles. The van der Waals surface area contributed by atoms with Crippen molar-refractivity contribution in [1.29, 1.82) is 0 Å². The normalized spacial score (nSPS) is 26.4. The Morgan fingerprint density at radius 1 is 1.23 bits per heavy atom. The van der Waals surface area contributed by atoms with E-state index in [9.17, 15) is 13.2 Å². The van der Waals surface area contributed by atoms with Crippen molar-refractivity contribution in [1.82, 2.24) is 5.32 Å². The van der Waals surface area contributed by atoms with Crippen molar-refractivity contribution < 1.29 is 13.2 Å². The average Bonchev–Trinajstić information content (AvgIpc) is 2.72. The summed E-state index contributed by atoms with van der Waals surface area (Å²) in [5.41, 5.74) is 3.18. The summed E-state index contributed by atoms with van der Waals surface area (Å²) in [6.45, 7) is 1.82. The van der Waals surface area contributed by atoms with Gasteiger partial charge >= 0.3 is 0 Å². The lowest BCUT2D eigenvalue weighted by Gasteiger charge is -2.24. The summed E-state index contributed by atoms with van der Waals surface area (Å²) >= 11 is 0. The van der Waals surface area contributed by atoms with E-state index in [-0.39, 0.29) is 17.4 Å². The van der Waals surface area contributed by atoms with Crippen LogP contribution in [-0.4, -0.2) is 31.4 Å². The number of nitrogens with one attached hydrogen (secondary N) is 1. The topological polar surface area (TPSA) is 63.2 Å². The largest absolute Gasteiger partial charge is 0.350 e. The molecule has 0 spiro atoms. The van der Waals surface area contributed by atoms with Gasteiger partial charge in [0.25, 0.3) is 0 Å². The van der Waals surface area contributed by atoms with E-state index in [0.29, 0.717) is 12.8 Å². The minimum absolute atomic E-state index is 0.0515. The molecule has 0 unspecified atom stereocenters. The predicted molar refractivity (Wildman–Crippen MR) is 86.6 cm³/mol. The smallest absolute Gasteiger partial charge is 0.224 e. The van der Waals surface area contributed by atoms with E-state index in [1.807, 2.05) is 13.0 Å². The quantitative estimate of drug-likeness (QED) is 0.923. The predicted octanol–water partition coefficient (Wildman–Crippen LogP) is 1.80. The average molecular weight is 321 g/mol. The van der Waals surface area contributed by atoms with Crippen LogP contribution in [0.1, 0.15) is 42.9 Å². The molecule has 1 fully saturated rings. The van der Waals surface area contributed by atoms with Crippen molar-refractivity contribution in [3.63, 3.8) is 0 Å². The van der Waals surface area contributed by atoms with Crippen LogP contribution in [0.15, 0.2) is 18.2 Å². The summed E-state index contributed by atoms with van der Waals surface area (Å²) in [5.74, 6) is 0.133. The second-order valence-electron chi connectivity index (χ2n) is 6.94. The molecule has 1 N–H and O–H groups in total. The molecule has 0 bridgehead atoms. The van der Waals surface area contributed by atoms with Crippen LogP contribution in [0.25, 0.3) is 0 Å². The lowest BCUT2D eigenvalue weighted by atomic mass is 9.90. The molecule has 1 saturated heterocycles. The van der Waals surface area contributed by atoms with Gasteiger partial charge in [-0.25, -0.2) is 8.42 Å².